The van der Waals surface area contributed by atoms with Gasteiger partial charge >= 0.3 is 6.09 Å². The van der Waals surface area contributed by atoms with E-state index in [2.05, 4.69) is 0 Å². The molecule has 1 atom stereocenters. The van der Waals surface area contributed by atoms with Gasteiger partial charge in [-0.3, -0.25) is 15.1 Å². The lowest BCUT2D eigenvalue weighted by Crippen LogP contribution is -2.47. The molecule has 0 aromatic carbocycles. The molecule has 6 heteroatoms. The number of amides is 2. The van der Waals surface area contributed by atoms with Crippen molar-refractivity contribution >= 4 is 12.0 Å². The van der Waals surface area contributed by atoms with Crippen molar-refractivity contribution in [2.45, 2.75) is 18.9 Å². The Balaban J connectivity index is 2.63. The molecule has 4 N–H and O–H groups in total. The number of rotatable bonds is 1. The van der Waals surface area contributed by atoms with Gasteiger partial charge in [0.15, 0.2) is 0 Å². The highest BCUT2D eigenvalue weighted by atomic mass is 16.4. The maximum atomic E-state index is 11.0. The monoisotopic (exact) mass is 173 g/mol. The van der Waals surface area contributed by atoms with E-state index in [9.17, 15) is 9.59 Å². The Kier molecular flexibility index (Phi) is 2.49. The quantitative estimate of drug-likeness (QED) is 0.272. The molecule has 1 aliphatic rings. The molecule has 0 saturated carbocycles. The number of carboxylic acid groups (broad SMARTS) is 1. The first-order valence-electron chi connectivity index (χ1n) is 3.67. The molecule has 0 radical (unpaired) electrons. The zero-order valence-corrected chi connectivity index (χ0v) is 6.49. The molecule has 68 valence electrons. The highest BCUT2D eigenvalue weighted by Gasteiger charge is 2.33. The summed E-state index contributed by atoms with van der Waals surface area (Å²) in [5.74, 6) is 4.46. The van der Waals surface area contributed by atoms with E-state index < -0.39 is 18.0 Å². The van der Waals surface area contributed by atoms with Gasteiger partial charge in [0, 0.05) is 6.54 Å². The first-order chi connectivity index (χ1) is 5.66. The molecule has 0 aromatic rings. The van der Waals surface area contributed by atoms with E-state index >= 15 is 0 Å². The molecule has 1 fully saturated rings. The van der Waals surface area contributed by atoms with E-state index in [1.807, 2.05) is 5.43 Å². The van der Waals surface area contributed by atoms with Crippen molar-refractivity contribution in [3.05, 3.63) is 0 Å². The van der Waals surface area contributed by atoms with Gasteiger partial charge in [-0.15, -0.1) is 0 Å². The van der Waals surface area contributed by atoms with Gasteiger partial charge in [0.25, 0.3) is 5.91 Å². The SMILES string of the molecule is NNC(=O)[C@@H]1CCCN1C(=O)O. The molecule has 0 bridgehead atoms. The number of hydrogen-bond acceptors (Lipinski definition) is 3. The Labute approximate surface area is 69.3 Å². The fourth-order valence-electron chi connectivity index (χ4n) is 1.36. The van der Waals surface area contributed by atoms with Gasteiger partial charge in [0.2, 0.25) is 0 Å². The van der Waals surface area contributed by atoms with Crippen LogP contribution in [0.25, 0.3) is 0 Å². The van der Waals surface area contributed by atoms with E-state index in [-0.39, 0.29) is 0 Å². The van der Waals surface area contributed by atoms with Crippen molar-refractivity contribution < 1.29 is 14.7 Å². The number of nitrogens with two attached hydrogens (primary N) is 1. The Morgan fingerprint density at radius 2 is 2.25 bits per heavy atom. The number of likely N-dealkylation sites (tertiary alicyclic amines) is 1. The van der Waals surface area contributed by atoms with Crippen molar-refractivity contribution in [2.24, 2.45) is 5.84 Å². The second-order valence-electron chi connectivity index (χ2n) is 2.64. The maximum absolute atomic E-state index is 11.0. The molecule has 1 heterocycles. The molecule has 6 nitrogen and oxygen atoms in total. The topological polar surface area (TPSA) is 95.7 Å². The van der Waals surface area contributed by atoms with Crippen LogP contribution in [-0.2, 0) is 4.79 Å². The minimum Gasteiger partial charge on any atom is -0.465 e. The van der Waals surface area contributed by atoms with E-state index in [4.69, 9.17) is 10.9 Å². The molecule has 0 unspecified atom stereocenters. The van der Waals surface area contributed by atoms with E-state index in [0.29, 0.717) is 19.4 Å². The number of nitrogens with zero attached hydrogens (tertiary/aromatic N) is 1. The van der Waals surface area contributed by atoms with Crippen LogP contribution in [0.4, 0.5) is 4.79 Å². The summed E-state index contributed by atoms with van der Waals surface area (Å²) in [6.07, 6.45) is 0.195. The van der Waals surface area contributed by atoms with Gasteiger partial charge in [-0.2, -0.15) is 0 Å². The number of carbonyl (C=O) groups is 2. The first-order valence-corrected chi connectivity index (χ1v) is 3.67. The van der Waals surface area contributed by atoms with Crippen molar-refractivity contribution in [1.29, 1.82) is 0 Å². The third-order valence-corrected chi connectivity index (χ3v) is 1.94. The Morgan fingerprint density at radius 3 is 2.75 bits per heavy atom. The highest BCUT2D eigenvalue weighted by Crippen LogP contribution is 2.16. The fourth-order valence-corrected chi connectivity index (χ4v) is 1.36. The molecule has 12 heavy (non-hydrogen) atoms. The summed E-state index contributed by atoms with van der Waals surface area (Å²) in [7, 11) is 0. The predicted molar refractivity (Wildman–Crippen MR) is 40.1 cm³/mol. The zero-order valence-electron chi connectivity index (χ0n) is 6.49. The van der Waals surface area contributed by atoms with Crippen LogP contribution in [-0.4, -0.2) is 34.6 Å². The van der Waals surface area contributed by atoms with Crippen molar-refractivity contribution in [2.75, 3.05) is 6.54 Å². The average Bonchev–Trinajstić information content (AvgIpc) is 2.50. The minimum atomic E-state index is -1.07. The molecule has 1 rings (SSSR count). The lowest BCUT2D eigenvalue weighted by molar-refractivity contribution is -0.125. The summed E-state index contributed by atoms with van der Waals surface area (Å²) >= 11 is 0. The van der Waals surface area contributed by atoms with E-state index in [0.717, 1.165) is 4.90 Å². The van der Waals surface area contributed by atoms with Crippen LogP contribution >= 0.6 is 0 Å². The average molecular weight is 173 g/mol. The van der Waals surface area contributed by atoms with Crippen LogP contribution in [0.2, 0.25) is 0 Å². The van der Waals surface area contributed by atoms with Crippen LogP contribution < -0.4 is 11.3 Å². The third kappa shape index (κ3) is 1.48. The highest BCUT2D eigenvalue weighted by molar-refractivity contribution is 5.85. The number of hydrazine groups is 1. The van der Waals surface area contributed by atoms with Crippen LogP contribution in [0.15, 0.2) is 0 Å². The van der Waals surface area contributed by atoms with Gasteiger partial charge in [-0.1, -0.05) is 0 Å². The zero-order chi connectivity index (χ0) is 9.14. The lowest BCUT2D eigenvalue weighted by atomic mass is 10.2. The molecular formula is C6H11N3O3. The fraction of sp³-hybridized carbons (Fsp3) is 0.667. The molecular weight excluding hydrogens is 162 g/mol. The second kappa shape index (κ2) is 3.40. The molecule has 0 aromatic heterocycles. The summed E-state index contributed by atoms with van der Waals surface area (Å²) in [5, 5.41) is 8.63. The third-order valence-electron chi connectivity index (χ3n) is 1.94. The molecule has 0 spiro atoms. The summed E-state index contributed by atoms with van der Waals surface area (Å²) in [4.78, 5) is 22.6. The van der Waals surface area contributed by atoms with Gasteiger partial charge in [-0.05, 0) is 12.8 Å². The molecule has 2 amide bonds. The van der Waals surface area contributed by atoms with E-state index in [1.165, 1.54) is 0 Å². The Bertz CT molecular complexity index is 206. The largest absolute Gasteiger partial charge is 0.465 e. The number of nitrogens with one attached hydrogen (secondary N) is 1. The molecule has 1 saturated heterocycles. The van der Waals surface area contributed by atoms with Crippen LogP contribution in [0.5, 0.6) is 0 Å². The van der Waals surface area contributed by atoms with Gasteiger partial charge in [-0.25, -0.2) is 10.6 Å². The van der Waals surface area contributed by atoms with E-state index in [1.54, 1.807) is 0 Å². The smallest absolute Gasteiger partial charge is 0.407 e. The predicted octanol–water partition coefficient (Wildman–Crippen LogP) is -0.881. The van der Waals surface area contributed by atoms with Crippen LogP contribution in [0.1, 0.15) is 12.8 Å². The Morgan fingerprint density at radius 1 is 1.58 bits per heavy atom. The van der Waals surface area contributed by atoms with Gasteiger partial charge in [0.1, 0.15) is 6.04 Å². The van der Waals surface area contributed by atoms with Crippen molar-refractivity contribution in [3.8, 4) is 0 Å². The summed E-state index contributed by atoms with van der Waals surface area (Å²) in [5.41, 5.74) is 1.95. The summed E-state index contributed by atoms with van der Waals surface area (Å²) < 4.78 is 0. The molecule has 0 aliphatic carbocycles. The summed E-state index contributed by atoms with van der Waals surface area (Å²) in [6, 6.07) is -0.604. The maximum Gasteiger partial charge on any atom is 0.407 e. The number of hydrogen-bond donors (Lipinski definition) is 3. The van der Waals surface area contributed by atoms with Crippen LogP contribution in [0, 0.1) is 0 Å². The summed E-state index contributed by atoms with van der Waals surface area (Å²) in [6.45, 7) is 0.410. The van der Waals surface area contributed by atoms with Crippen molar-refractivity contribution in [3.63, 3.8) is 0 Å². The normalized spacial score (nSPS) is 22.4. The van der Waals surface area contributed by atoms with Crippen molar-refractivity contribution in [1.82, 2.24) is 10.3 Å². The van der Waals surface area contributed by atoms with Crippen LogP contribution in [0.3, 0.4) is 0 Å². The first kappa shape index (κ1) is 8.79. The number of carbonyl (C=O) groups excluding carboxylic acids is 1. The van der Waals surface area contributed by atoms with Gasteiger partial charge < -0.3 is 5.11 Å². The molecule has 1 aliphatic heterocycles. The van der Waals surface area contributed by atoms with Gasteiger partial charge in [0.05, 0.1) is 0 Å². The Hall–Kier alpha value is -1.30. The lowest BCUT2D eigenvalue weighted by Gasteiger charge is -2.19. The second-order valence-corrected chi connectivity index (χ2v) is 2.64. The minimum absolute atomic E-state index is 0.410. The standard InChI is InChI=1S/C6H11N3O3/c7-8-5(10)4-2-1-3-9(4)6(11)12/h4H,1-3,7H2,(H,8,10)(H,11,12)/t4-/m0/s1.